The zero-order valence-electron chi connectivity index (χ0n) is 10.5. The summed E-state index contributed by atoms with van der Waals surface area (Å²) in [6, 6.07) is 4.60. The van der Waals surface area contributed by atoms with E-state index in [-0.39, 0.29) is 11.9 Å². The van der Waals surface area contributed by atoms with Gasteiger partial charge in [-0.15, -0.1) is 0 Å². The molecule has 1 N–H and O–H groups in total. The van der Waals surface area contributed by atoms with Crippen LogP contribution in [0.3, 0.4) is 0 Å². The minimum Gasteiger partial charge on any atom is -0.393 e. The van der Waals surface area contributed by atoms with Crippen LogP contribution in [0.5, 0.6) is 0 Å². The topological polar surface area (TPSA) is 53.4 Å². The molecule has 3 rings (SSSR count). The first-order valence-corrected chi connectivity index (χ1v) is 6.58. The maximum atomic E-state index is 11.2. The maximum absolute atomic E-state index is 11.2. The van der Waals surface area contributed by atoms with Gasteiger partial charge >= 0.3 is 0 Å². The molecule has 2 bridgehead atoms. The first-order chi connectivity index (χ1) is 8.65. The predicted molar refractivity (Wildman–Crippen MR) is 68.8 cm³/mol. The first-order valence-electron chi connectivity index (χ1n) is 6.58. The fourth-order valence-corrected chi connectivity index (χ4v) is 3.27. The third-order valence-corrected chi connectivity index (χ3v) is 4.13. The highest BCUT2D eigenvalue weighted by Gasteiger charge is 2.40. The zero-order chi connectivity index (χ0) is 12.7. The molecule has 2 atom stereocenters. The molecule has 0 aliphatic carbocycles. The van der Waals surface area contributed by atoms with Crippen LogP contribution >= 0.6 is 0 Å². The van der Waals surface area contributed by atoms with E-state index in [9.17, 15) is 9.90 Å². The van der Waals surface area contributed by atoms with E-state index in [1.165, 1.54) is 0 Å². The van der Waals surface area contributed by atoms with Crippen LogP contribution in [0.2, 0.25) is 0 Å². The van der Waals surface area contributed by atoms with Crippen LogP contribution in [0.1, 0.15) is 43.0 Å². The van der Waals surface area contributed by atoms with Gasteiger partial charge in [0.05, 0.1) is 6.10 Å². The molecule has 3 heterocycles. The summed E-state index contributed by atoms with van der Waals surface area (Å²) in [5.41, 5.74) is 0.656. The van der Waals surface area contributed by atoms with Crippen molar-refractivity contribution in [2.75, 3.05) is 4.90 Å². The molecule has 1 aromatic rings. The van der Waals surface area contributed by atoms with Crippen LogP contribution in [-0.4, -0.2) is 34.1 Å². The lowest BCUT2D eigenvalue weighted by Gasteiger charge is -2.38. The van der Waals surface area contributed by atoms with Gasteiger partial charge in [-0.2, -0.15) is 0 Å². The number of fused-ring (bicyclic) bond motifs is 2. The molecule has 4 heteroatoms. The van der Waals surface area contributed by atoms with Crippen molar-refractivity contribution in [3.05, 3.63) is 23.9 Å². The second kappa shape index (κ2) is 4.35. The number of ketones is 1. The van der Waals surface area contributed by atoms with E-state index >= 15 is 0 Å². The van der Waals surface area contributed by atoms with Crippen LogP contribution in [-0.2, 0) is 0 Å². The van der Waals surface area contributed by atoms with Gasteiger partial charge in [0.1, 0.15) is 5.82 Å². The van der Waals surface area contributed by atoms with Gasteiger partial charge in [-0.1, -0.05) is 0 Å². The SMILES string of the molecule is CC(=O)c1ccc(N2C3CCC2CC(O)C3)nc1. The summed E-state index contributed by atoms with van der Waals surface area (Å²) in [4.78, 5) is 18.0. The van der Waals surface area contributed by atoms with Crippen molar-refractivity contribution < 1.29 is 9.90 Å². The van der Waals surface area contributed by atoms with Crippen molar-refractivity contribution in [3.8, 4) is 0 Å². The number of piperidine rings is 1. The second-order valence-electron chi connectivity index (χ2n) is 5.38. The number of aliphatic hydroxyl groups is 1. The van der Waals surface area contributed by atoms with Crippen molar-refractivity contribution in [1.29, 1.82) is 0 Å². The summed E-state index contributed by atoms with van der Waals surface area (Å²) in [5.74, 6) is 0.991. The molecule has 0 spiro atoms. The molecule has 96 valence electrons. The first kappa shape index (κ1) is 11.7. The number of Topliss-reactive ketones (excluding diaryl/α,β-unsaturated/α-hetero) is 1. The summed E-state index contributed by atoms with van der Waals surface area (Å²) in [7, 11) is 0. The van der Waals surface area contributed by atoms with Crippen LogP contribution < -0.4 is 4.90 Å². The van der Waals surface area contributed by atoms with Gasteiger partial charge in [0.15, 0.2) is 5.78 Å². The average Bonchev–Trinajstić information content (AvgIpc) is 2.62. The van der Waals surface area contributed by atoms with Gasteiger partial charge in [0, 0.05) is 23.8 Å². The van der Waals surface area contributed by atoms with Gasteiger partial charge in [0.25, 0.3) is 0 Å². The number of hydrogen-bond donors (Lipinski definition) is 1. The van der Waals surface area contributed by atoms with Crippen molar-refractivity contribution in [2.24, 2.45) is 0 Å². The number of nitrogens with zero attached hydrogens (tertiary/aromatic N) is 2. The lowest BCUT2D eigenvalue weighted by molar-refractivity contribution is 0.101. The number of pyridine rings is 1. The lowest BCUT2D eigenvalue weighted by Crippen LogP contribution is -2.45. The second-order valence-corrected chi connectivity index (χ2v) is 5.38. The number of rotatable bonds is 2. The number of carbonyl (C=O) groups is 1. The quantitative estimate of drug-likeness (QED) is 0.808. The fraction of sp³-hybridized carbons (Fsp3) is 0.571. The lowest BCUT2D eigenvalue weighted by atomic mass is 10.00. The minimum absolute atomic E-state index is 0.0473. The zero-order valence-corrected chi connectivity index (χ0v) is 10.5. The Kier molecular flexibility index (Phi) is 2.82. The molecular formula is C14H18N2O2. The van der Waals surface area contributed by atoms with Crippen LogP contribution in [0.25, 0.3) is 0 Å². The number of aromatic nitrogens is 1. The van der Waals surface area contributed by atoms with Crippen molar-refractivity contribution in [1.82, 2.24) is 4.98 Å². The largest absolute Gasteiger partial charge is 0.393 e. The molecule has 0 saturated carbocycles. The number of anilines is 1. The third-order valence-electron chi connectivity index (χ3n) is 4.13. The van der Waals surface area contributed by atoms with E-state index in [2.05, 4.69) is 9.88 Å². The highest BCUT2D eigenvalue weighted by Crippen LogP contribution is 2.38. The average molecular weight is 246 g/mol. The molecule has 0 radical (unpaired) electrons. The Balaban J connectivity index is 1.85. The Bertz CT molecular complexity index is 443. The van der Waals surface area contributed by atoms with E-state index in [1.54, 1.807) is 13.1 Å². The standard InChI is InChI=1S/C14H18N2O2/c1-9(17)10-2-5-14(15-8-10)16-11-3-4-12(16)7-13(18)6-11/h2,5,8,11-13,18H,3-4,6-7H2,1H3. The molecule has 2 saturated heterocycles. The maximum Gasteiger partial charge on any atom is 0.161 e. The van der Waals surface area contributed by atoms with Gasteiger partial charge in [0.2, 0.25) is 0 Å². The monoisotopic (exact) mass is 246 g/mol. The van der Waals surface area contributed by atoms with Gasteiger partial charge in [-0.25, -0.2) is 4.98 Å². The Morgan fingerprint density at radius 1 is 1.33 bits per heavy atom. The van der Waals surface area contributed by atoms with E-state index in [4.69, 9.17) is 0 Å². The number of carbonyl (C=O) groups excluding carboxylic acids is 1. The molecule has 2 aliphatic heterocycles. The molecule has 1 aromatic heterocycles. The molecular weight excluding hydrogens is 228 g/mol. The van der Waals surface area contributed by atoms with E-state index in [0.29, 0.717) is 17.6 Å². The molecule has 2 unspecified atom stereocenters. The van der Waals surface area contributed by atoms with Crippen molar-refractivity contribution in [2.45, 2.75) is 50.8 Å². The number of aliphatic hydroxyl groups excluding tert-OH is 1. The summed E-state index contributed by atoms with van der Waals surface area (Å²) in [5, 5.41) is 9.78. The predicted octanol–water partition coefficient (Wildman–Crippen LogP) is 1.78. The highest BCUT2D eigenvalue weighted by molar-refractivity contribution is 5.93. The number of hydrogen-bond acceptors (Lipinski definition) is 4. The normalized spacial score (nSPS) is 30.6. The summed E-state index contributed by atoms with van der Waals surface area (Å²) >= 11 is 0. The Morgan fingerprint density at radius 3 is 2.50 bits per heavy atom. The van der Waals surface area contributed by atoms with E-state index < -0.39 is 0 Å². The van der Waals surface area contributed by atoms with E-state index in [1.807, 2.05) is 12.1 Å². The highest BCUT2D eigenvalue weighted by atomic mass is 16.3. The summed E-state index contributed by atoms with van der Waals surface area (Å²) in [6.45, 7) is 1.55. The molecule has 2 aliphatic rings. The van der Waals surface area contributed by atoms with Crippen LogP contribution in [0.15, 0.2) is 18.3 Å². The van der Waals surface area contributed by atoms with Crippen LogP contribution in [0.4, 0.5) is 5.82 Å². The van der Waals surface area contributed by atoms with Crippen molar-refractivity contribution in [3.63, 3.8) is 0 Å². The smallest absolute Gasteiger partial charge is 0.161 e. The summed E-state index contributed by atoms with van der Waals surface area (Å²) < 4.78 is 0. The van der Waals surface area contributed by atoms with Crippen LogP contribution in [0, 0.1) is 0 Å². The Morgan fingerprint density at radius 2 is 2.00 bits per heavy atom. The fourth-order valence-electron chi connectivity index (χ4n) is 3.27. The molecule has 0 amide bonds. The van der Waals surface area contributed by atoms with E-state index in [0.717, 1.165) is 31.5 Å². The minimum atomic E-state index is -0.157. The van der Waals surface area contributed by atoms with Gasteiger partial charge in [-0.05, 0) is 44.7 Å². The summed E-state index contributed by atoms with van der Waals surface area (Å²) in [6.07, 6.45) is 5.45. The molecule has 0 aromatic carbocycles. The molecule has 18 heavy (non-hydrogen) atoms. The Labute approximate surface area is 107 Å². The third kappa shape index (κ3) is 1.90. The molecule has 2 fully saturated rings. The van der Waals surface area contributed by atoms with Gasteiger partial charge in [-0.3, -0.25) is 4.79 Å². The molecule has 4 nitrogen and oxygen atoms in total. The van der Waals surface area contributed by atoms with Crippen molar-refractivity contribution >= 4 is 11.6 Å². The Hall–Kier alpha value is -1.42. The van der Waals surface area contributed by atoms with Gasteiger partial charge < -0.3 is 10.0 Å².